The molecule has 0 saturated carbocycles. The molecule has 0 aliphatic rings. The van der Waals surface area contributed by atoms with Crippen molar-refractivity contribution >= 4 is 0 Å². The predicted molar refractivity (Wildman–Crippen MR) is 72.0 cm³/mol. The predicted octanol–water partition coefficient (Wildman–Crippen LogP) is 3.82. The SMILES string of the molecule is CCc1ccc(C(C)C)c(C(C)CCN)c1. The van der Waals surface area contributed by atoms with E-state index in [0.29, 0.717) is 11.8 Å². The molecule has 1 aromatic rings. The van der Waals surface area contributed by atoms with Gasteiger partial charge in [0.05, 0.1) is 0 Å². The van der Waals surface area contributed by atoms with Crippen LogP contribution in [0.25, 0.3) is 0 Å². The lowest BCUT2D eigenvalue weighted by molar-refractivity contribution is 0.672. The smallest absolute Gasteiger partial charge is 0.00715 e. The van der Waals surface area contributed by atoms with E-state index in [-0.39, 0.29) is 0 Å². The lowest BCUT2D eigenvalue weighted by atomic mass is 9.86. The molecule has 0 spiro atoms. The Labute approximate surface area is 100 Å². The molecule has 1 atom stereocenters. The molecule has 0 heterocycles. The van der Waals surface area contributed by atoms with Crippen molar-refractivity contribution in [2.45, 2.75) is 52.4 Å². The molecule has 1 aromatic carbocycles. The van der Waals surface area contributed by atoms with Crippen LogP contribution in [0.3, 0.4) is 0 Å². The van der Waals surface area contributed by atoms with Gasteiger partial charge in [-0.15, -0.1) is 0 Å². The van der Waals surface area contributed by atoms with E-state index in [1.165, 1.54) is 16.7 Å². The fraction of sp³-hybridized carbons (Fsp3) is 0.600. The van der Waals surface area contributed by atoms with Gasteiger partial charge in [0.2, 0.25) is 0 Å². The first kappa shape index (κ1) is 13.2. The summed E-state index contributed by atoms with van der Waals surface area (Å²) in [6.07, 6.45) is 2.19. The van der Waals surface area contributed by atoms with Gasteiger partial charge < -0.3 is 5.73 Å². The summed E-state index contributed by atoms with van der Waals surface area (Å²) in [5, 5.41) is 0. The molecule has 90 valence electrons. The molecule has 0 amide bonds. The molecule has 0 radical (unpaired) electrons. The summed E-state index contributed by atoms with van der Waals surface area (Å²) in [7, 11) is 0. The molecule has 16 heavy (non-hydrogen) atoms. The first-order valence-corrected chi connectivity index (χ1v) is 6.42. The highest BCUT2D eigenvalue weighted by atomic mass is 14.5. The van der Waals surface area contributed by atoms with Gasteiger partial charge in [0.25, 0.3) is 0 Å². The minimum Gasteiger partial charge on any atom is -0.330 e. The molecular weight excluding hydrogens is 194 g/mol. The van der Waals surface area contributed by atoms with Gasteiger partial charge in [0, 0.05) is 0 Å². The molecule has 0 aliphatic carbocycles. The van der Waals surface area contributed by atoms with Crippen molar-refractivity contribution in [2.75, 3.05) is 6.54 Å². The van der Waals surface area contributed by atoms with Crippen molar-refractivity contribution in [3.63, 3.8) is 0 Å². The van der Waals surface area contributed by atoms with Crippen LogP contribution in [0.2, 0.25) is 0 Å². The van der Waals surface area contributed by atoms with Crippen LogP contribution in [-0.2, 0) is 6.42 Å². The van der Waals surface area contributed by atoms with E-state index in [9.17, 15) is 0 Å². The zero-order valence-corrected chi connectivity index (χ0v) is 11.1. The summed E-state index contributed by atoms with van der Waals surface area (Å²) >= 11 is 0. The van der Waals surface area contributed by atoms with Gasteiger partial charge in [-0.3, -0.25) is 0 Å². The van der Waals surface area contributed by atoms with Crippen molar-refractivity contribution in [1.29, 1.82) is 0 Å². The Morgan fingerprint density at radius 2 is 1.81 bits per heavy atom. The molecule has 1 unspecified atom stereocenters. The second kappa shape index (κ2) is 6.05. The number of benzene rings is 1. The summed E-state index contributed by atoms with van der Waals surface area (Å²) in [4.78, 5) is 0. The van der Waals surface area contributed by atoms with Crippen molar-refractivity contribution in [3.8, 4) is 0 Å². The van der Waals surface area contributed by atoms with E-state index >= 15 is 0 Å². The van der Waals surface area contributed by atoms with Crippen LogP contribution in [0.4, 0.5) is 0 Å². The molecule has 0 saturated heterocycles. The van der Waals surface area contributed by atoms with Gasteiger partial charge in [0.1, 0.15) is 0 Å². The summed E-state index contributed by atoms with van der Waals surface area (Å²) in [6.45, 7) is 9.80. The molecule has 0 fully saturated rings. The summed E-state index contributed by atoms with van der Waals surface area (Å²) in [6, 6.07) is 6.93. The van der Waals surface area contributed by atoms with Gasteiger partial charge >= 0.3 is 0 Å². The largest absolute Gasteiger partial charge is 0.330 e. The number of aryl methyl sites for hydroxylation is 1. The van der Waals surface area contributed by atoms with Crippen LogP contribution >= 0.6 is 0 Å². The standard InChI is InChI=1S/C15H25N/c1-5-13-6-7-14(11(2)3)15(10-13)12(4)8-9-16/h6-7,10-12H,5,8-9,16H2,1-4H3. The second-order valence-corrected chi connectivity index (χ2v) is 4.95. The Balaban J connectivity index is 3.09. The van der Waals surface area contributed by atoms with Crippen LogP contribution in [0.1, 0.15) is 62.6 Å². The molecule has 2 N–H and O–H groups in total. The number of hydrogen-bond acceptors (Lipinski definition) is 1. The minimum absolute atomic E-state index is 0.578. The van der Waals surface area contributed by atoms with Crippen molar-refractivity contribution in [3.05, 3.63) is 34.9 Å². The Morgan fingerprint density at radius 3 is 2.31 bits per heavy atom. The normalized spacial score (nSPS) is 13.1. The van der Waals surface area contributed by atoms with Crippen LogP contribution in [0.5, 0.6) is 0 Å². The van der Waals surface area contributed by atoms with Crippen molar-refractivity contribution in [1.82, 2.24) is 0 Å². The lowest BCUT2D eigenvalue weighted by Gasteiger charge is -2.19. The molecule has 1 rings (SSSR count). The van der Waals surface area contributed by atoms with Gasteiger partial charge in [-0.2, -0.15) is 0 Å². The highest BCUT2D eigenvalue weighted by Gasteiger charge is 2.12. The quantitative estimate of drug-likeness (QED) is 0.800. The Morgan fingerprint density at radius 1 is 1.12 bits per heavy atom. The van der Waals surface area contributed by atoms with E-state index in [1.54, 1.807) is 0 Å². The highest BCUT2D eigenvalue weighted by Crippen LogP contribution is 2.29. The summed E-state index contributed by atoms with van der Waals surface area (Å²) < 4.78 is 0. The number of nitrogens with two attached hydrogens (primary N) is 1. The van der Waals surface area contributed by atoms with Gasteiger partial charge in [-0.1, -0.05) is 45.9 Å². The van der Waals surface area contributed by atoms with E-state index in [4.69, 9.17) is 5.73 Å². The maximum Gasteiger partial charge on any atom is -0.00715 e. The zero-order chi connectivity index (χ0) is 12.1. The number of hydrogen-bond donors (Lipinski definition) is 1. The van der Waals surface area contributed by atoms with E-state index in [1.807, 2.05) is 0 Å². The fourth-order valence-electron chi connectivity index (χ4n) is 2.20. The summed E-state index contributed by atoms with van der Waals surface area (Å²) in [5.41, 5.74) is 10.1. The molecule has 0 aromatic heterocycles. The van der Waals surface area contributed by atoms with Gasteiger partial charge in [-0.25, -0.2) is 0 Å². The first-order chi connectivity index (χ1) is 7.60. The minimum atomic E-state index is 0.578. The second-order valence-electron chi connectivity index (χ2n) is 4.95. The monoisotopic (exact) mass is 219 g/mol. The van der Waals surface area contributed by atoms with Crippen LogP contribution in [-0.4, -0.2) is 6.54 Å². The van der Waals surface area contributed by atoms with Crippen LogP contribution in [0.15, 0.2) is 18.2 Å². The summed E-state index contributed by atoms with van der Waals surface area (Å²) in [5.74, 6) is 1.18. The third kappa shape index (κ3) is 3.08. The Hall–Kier alpha value is -0.820. The Bertz CT molecular complexity index is 328. The third-order valence-electron chi connectivity index (χ3n) is 3.31. The van der Waals surface area contributed by atoms with Crippen molar-refractivity contribution < 1.29 is 0 Å². The third-order valence-corrected chi connectivity index (χ3v) is 3.31. The maximum absolute atomic E-state index is 5.66. The molecule has 1 nitrogen and oxygen atoms in total. The van der Waals surface area contributed by atoms with Crippen LogP contribution < -0.4 is 5.73 Å². The molecule has 0 bridgehead atoms. The Kier molecular flexibility index (Phi) is 5.01. The average Bonchev–Trinajstić information content (AvgIpc) is 2.28. The van der Waals surface area contributed by atoms with E-state index in [0.717, 1.165) is 19.4 Å². The van der Waals surface area contributed by atoms with E-state index in [2.05, 4.69) is 45.9 Å². The number of rotatable bonds is 5. The fourth-order valence-corrected chi connectivity index (χ4v) is 2.20. The van der Waals surface area contributed by atoms with E-state index < -0.39 is 0 Å². The van der Waals surface area contributed by atoms with Crippen molar-refractivity contribution in [2.24, 2.45) is 5.73 Å². The topological polar surface area (TPSA) is 26.0 Å². The van der Waals surface area contributed by atoms with Crippen LogP contribution in [0, 0.1) is 0 Å². The average molecular weight is 219 g/mol. The van der Waals surface area contributed by atoms with Gasteiger partial charge in [-0.05, 0) is 47.9 Å². The first-order valence-electron chi connectivity index (χ1n) is 6.42. The molecule has 0 aliphatic heterocycles. The zero-order valence-electron chi connectivity index (χ0n) is 11.1. The van der Waals surface area contributed by atoms with Gasteiger partial charge in [0.15, 0.2) is 0 Å². The maximum atomic E-state index is 5.66. The molecular formula is C15H25N. The lowest BCUT2D eigenvalue weighted by Crippen LogP contribution is -2.08. The molecule has 1 heteroatoms. The highest BCUT2D eigenvalue weighted by molar-refractivity contribution is 5.36.